The van der Waals surface area contributed by atoms with Crippen LogP contribution < -0.4 is 11.1 Å². The van der Waals surface area contributed by atoms with Gasteiger partial charge in [-0.1, -0.05) is 30.0 Å². The van der Waals surface area contributed by atoms with E-state index < -0.39 is 0 Å². The van der Waals surface area contributed by atoms with E-state index in [-0.39, 0.29) is 5.17 Å². The minimum Gasteiger partial charge on any atom is -0.379 e. The zero-order chi connectivity index (χ0) is 8.81. The molecule has 0 unspecified atom stereocenters. The van der Waals surface area contributed by atoms with E-state index in [4.69, 9.17) is 11.1 Å². The number of anilines is 1. The highest BCUT2D eigenvalue weighted by atomic mass is 32.2. The lowest BCUT2D eigenvalue weighted by Gasteiger charge is -2.03. The van der Waals surface area contributed by atoms with Gasteiger partial charge < -0.3 is 11.1 Å². The molecule has 0 heterocycles. The number of amidine groups is 1. The standard InChI is InChI=1S/C8H11N3S/c9-8(10)12-6-11-7-4-2-1-3-5-7/h1-5,11H,6H2,(H3,9,10). The fraction of sp³-hybridized carbons (Fsp3) is 0.125. The quantitative estimate of drug-likeness (QED) is 0.378. The number of benzene rings is 1. The van der Waals surface area contributed by atoms with Gasteiger partial charge in [-0.2, -0.15) is 0 Å². The van der Waals surface area contributed by atoms with Crippen LogP contribution in [0.1, 0.15) is 0 Å². The zero-order valence-electron chi connectivity index (χ0n) is 6.58. The van der Waals surface area contributed by atoms with Crippen molar-refractivity contribution in [2.24, 2.45) is 5.73 Å². The maximum atomic E-state index is 6.96. The monoisotopic (exact) mass is 181 g/mol. The largest absolute Gasteiger partial charge is 0.379 e. The molecule has 0 aliphatic rings. The summed E-state index contributed by atoms with van der Waals surface area (Å²) in [5.41, 5.74) is 6.21. The molecule has 0 aromatic heterocycles. The van der Waals surface area contributed by atoms with Crippen LogP contribution in [-0.2, 0) is 0 Å². The Labute approximate surface area is 75.9 Å². The third kappa shape index (κ3) is 3.30. The van der Waals surface area contributed by atoms with Crippen molar-refractivity contribution in [2.45, 2.75) is 0 Å². The van der Waals surface area contributed by atoms with Gasteiger partial charge in [-0.15, -0.1) is 0 Å². The average molecular weight is 181 g/mol. The molecule has 1 aromatic carbocycles. The van der Waals surface area contributed by atoms with E-state index in [1.807, 2.05) is 30.3 Å². The van der Waals surface area contributed by atoms with Crippen LogP contribution in [0.3, 0.4) is 0 Å². The van der Waals surface area contributed by atoms with Crippen LogP contribution >= 0.6 is 11.8 Å². The molecule has 0 saturated carbocycles. The zero-order valence-corrected chi connectivity index (χ0v) is 7.40. The van der Waals surface area contributed by atoms with Crippen LogP contribution in [0.2, 0.25) is 0 Å². The molecule has 1 rings (SSSR count). The lowest BCUT2D eigenvalue weighted by molar-refractivity contribution is 1.46. The summed E-state index contributed by atoms with van der Waals surface area (Å²) >= 11 is 1.28. The highest BCUT2D eigenvalue weighted by Crippen LogP contribution is 2.07. The van der Waals surface area contributed by atoms with Crippen molar-refractivity contribution in [1.82, 2.24) is 0 Å². The first kappa shape index (κ1) is 8.93. The van der Waals surface area contributed by atoms with E-state index in [0.29, 0.717) is 5.88 Å². The smallest absolute Gasteiger partial charge is 0.152 e. The minimum atomic E-state index is 0.137. The number of rotatable bonds is 3. The van der Waals surface area contributed by atoms with Gasteiger partial charge in [0, 0.05) is 5.69 Å². The molecule has 64 valence electrons. The Morgan fingerprint density at radius 1 is 1.42 bits per heavy atom. The van der Waals surface area contributed by atoms with Crippen molar-refractivity contribution >= 4 is 22.6 Å². The Balaban J connectivity index is 2.29. The highest BCUT2D eigenvalue weighted by molar-refractivity contribution is 8.13. The molecule has 3 nitrogen and oxygen atoms in total. The number of thioether (sulfide) groups is 1. The Bertz CT molecular complexity index is 248. The van der Waals surface area contributed by atoms with Crippen molar-refractivity contribution in [3.8, 4) is 0 Å². The van der Waals surface area contributed by atoms with E-state index in [2.05, 4.69) is 5.32 Å². The van der Waals surface area contributed by atoms with E-state index >= 15 is 0 Å². The second kappa shape index (κ2) is 4.66. The van der Waals surface area contributed by atoms with Gasteiger partial charge in [0.1, 0.15) is 0 Å². The maximum Gasteiger partial charge on any atom is 0.152 e. The summed E-state index contributed by atoms with van der Waals surface area (Å²) in [6.07, 6.45) is 0. The molecule has 0 fully saturated rings. The SMILES string of the molecule is N=C(N)SCNc1ccccc1. The second-order valence-electron chi connectivity index (χ2n) is 2.20. The molecule has 0 aliphatic carbocycles. The predicted molar refractivity (Wildman–Crippen MR) is 54.4 cm³/mol. The van der Waals surface area contributed by atoms with Gasteiger partial charge in [0.05, 0.1) is 5.88 Å². The molecule has 4 heteroatoms. The summed E-state index contributed by atoms with van der Waals surface area (Å²) in [5, 5.41) is 10.2. The summed E-state index contributed by atoms with van der Waals surface area (Å²) in [4.78, 5) is 0. The maximum absolute atomic E-state index is 6.96. The van der Waals surface area contributed by atoms with Gasteiger partial charge >= 0.3 is 0 Å². The molecule has 0 spiro atoms. The van der Waals surface area contributed by atoms with Crippen LogP contribution in [0.25, 0.3) is 0 Å². The first-order valence-corrected chi connectivity index (χ1v) is 4.53. The van der Waals surface area contributed by atoms with Gasteiger partial charge in [-0.05, 0) is 12.1 Å². The van der Waals surface area contributed by atoms with Crippen molar-refractivity contribution in [1.29, 1.82) is 5.41 Å². The van der Waals surface area contributed by atoms with Crippen LogP contribution in [0.15, 0.2) is 30.3 Å². The van der Waals surface area contributed by atoms with Crippen molar-refractivity contribution in [3.63, 3.8) is 0 Å². The number of hydrogen-bond donors (Lipinski definition) is 3. The molecule has 1 aromatic rings. The number of nitrogens with two attached hydrogens (primary N) is 1. The molecule has 0 radical (unpaired) electrons. The number of nitrogens with one attached hydrogen (secondary N) is 2. The topological polar surface area (TPSA) is 61.9 Å². The Hall–Kier alpha value is -1.16. The molecule has 0 atom stereocenters. The van der Waals surface area contributed by atoms with Gasteiger partial charge in [-0.3, -0.25) is 5.41 Å². The molecular weight excluding hydrogens is 170 g/mol. The molecule has 4 N–H and O–H groups in total. The molecule has 0 saturated heterocycles. The molecule has 0 aliphatic heterocycles. The molecular formula is C8H11N3S. The second-order valence-corrected chi connectivity index (χ2v) is 3.21. The highest BCUT2D eigenvalue weighted by Gasteiger charge is 1.90. The summed E-state index contributed by atoms with van der Waals surface area (Å²) in [6.45, 7) is 0. The number of para-hydroxylation sites is 1. The van der Waals surface area contributed by atoms with Gasteiger partial charge in [0.15, 0.2) is 5.17 Å². The van der Waals surface area contributed by atoms with Crippen LogP contribution in [0, 0.1) is 5.41 Å². The Morgan fingerprint density at radius 2 is 2.08 bits per heavy atom. The van der Waals surface area contributed by atoms with Crippen molar-refractivity contribution in [3.05, 3.63) is 30.3 Å². The summed E-state index contributed by atoms with van der Waals surface area (Å²) < 4.78 is 0. The van der Waals surface area contributed by atoms with Gasteiger partial charge in [0.2, 0.25) is 0 Å². The normalized spacial score (nSPS) is 9.33. The third-order valence-corrected chi connectivity index (χ3v) is 1.88. The number of hydrogen-bond acceptors (Lipinski definition) is 3. The van der Waals surface area contributed by atoms with E-state index in [0.717, 1.165) is 5.69 Å². The average Bonchev–Trinajstić information content (AvgIpc) is 2.05. The van der Waals surface area contributed by atoms with Crippen molar-refractivity contribution < 1.29 is 0 Å². The lowest BCUT2D eigenvalue weighted by atomic mass is 10.3. The van der Waals surface area contributed by atoms with E-state index in [1.165, 1.54) is 11.8 Å². The summed E-state index contributed by atoms with van der Waals surface area (Å²) in [6, 6.07) is 9.83. The first-order valence-electron chi connectivity index (χ1n) is 3.55. The van der Waals surface area contributed by atoms with Gasteiger partial charge in [0.25, 0.3) is 0 Å². The van der Waals surface area contributed by atoms with Crippen LogP contribution in [-0.4, -0.2) is 11.0 Å². The first-order chi connectivity index (χ1) is 5.79. The van der Waals surface area contributed by atoms with Crippen LogP contribution in [0.5, 0.6) is 0 Å². The van der Waals surface area contributed by atoms with Gasteiger partial charge in [-0.25, -0.2) is 0 Å². The van der Waals surface area contributed by atoms with E-state index in [1.54, 1.807) is 0 Å². The molecule has 0 amide bonds. The predicted octanol–water partition coefficient (Wildman–Crippen LogP) is 1.68. The molecule has 12 heavy (non-hydrogen) atoms. The van der Waals surface area contributed by atoms with Crippen molar-refractivity contribution in [2.75, 3.05) is 11.2 Å². The summed E-state index contributed by atoms with van der Waals surface area (Å²) in [5.74, 6) is 0.638. The lowest BCUT2D eigenvalue weighted by Crippen LogP contribution is -2.08. The Morgan fingerprint density at radius 3 is 2.67 bits per heavy atom. The fourth-order valence-electron chi connectivity index (χ4n) is 0.753. The summed E-state index contributed by atoms with van der Waals surface area (Å²) in [7, 11) is 0. The minimum absolute atomic E-state index is 0.137. The fourth-order valence-corrected chi connectivity index (χ4v) is 1.15. The Kier molecular flexibility index (Phi) is 3.47. The van der Waals surface area contributed by atoms with E-state index in [9.17, 15) is 0 Å². The van der Waals surface area contributed by atoms with Crippen LogP contribution in [0.4, 0.5) is 5.69 Å². The third-order valence-electron chi connectivity index (χ3n) is 1.28. The molecule has 0 bridgehead atoms.